The molecule has 1 rings (SSSR count). The van der Waals surface area contributed by atoms with E-state index in [4.69, 9.17) is 4.74 Å². The Morgan fingerprint density at radius 2 is 2.20 bits per heavy atom. The maximum atomic E-state index is 11.3. The van der Waals surface area contributed by atoms with Crippen molar-refractivity contribution < 1.29 is 9.53 Å². The molecule has 0 bridgehead atoms. The van der Waals surface area contributed by atoms with E-state index in [1.165, 1.54) is 0 Å². The van der Waals surface area contributed by atoms with Crippen molar-refractivity contribution in [2.24, 2.45) is 0 Å². The van der Waals surface area contributed by atoms with Gasteiger partial charge < -0.3 is 4.74 Å². The van der Waals surface area contributed by atoms with Gasteiger partial charge in [-0.05, 0) is 41.8 Å². The van der Waals surface area contributed by atoms with E-state index >= 15 is 0 Å². The molecule has 0 unspecified atom stereocenters. The SMILES string of the molecule is CNNCCC(=O)Oc1ccccc1I. The zero-order chi connectivity index (χ0) is 11.1. The number of ether oxygens (including phenoxy) is 1. The number of para-hydroxylation sites is 1. The number of carbonyl (C=O) groups excluding carboxylic acids is 1. The van der Waals surface area contributed by atoms with Gasteiger partial charge in [0.2, 0.25) is 0 Å². The quantitative estimate of drug-likeness (QED) is 0.282. The molecule has 0 radical (unpaired) electrons. The highest BCUT2D eigenvalue weighted by atomic mass is 127. The second-order valence-electron chi connectivity index (χ2n) is 2.83. The number of nitrogens with one attached hydrogen (secondary N) is 2. The van der Waals surface area contributed by atoms with Crippen molar-refractivity contribution in [3.8, 4) is 5.75 Å². The maximum absolute atomic E-state index is 11.3. The van der Waals surface area contributed by atoms with Gasteiger partial charge in [0, 0.05) is 6.54 Å². The third kappa shape index (κ3) is 4.59. The molecule has 2 N–H and O–H groups in total. The first-order chi connectivity index (χ1) is 7.24. The zero-order valence-corrected chi connectivity index (χ0v) is 10.6. The molecule has 0 heterocycles. The summed E-state index contributed by atoms with van der Waals surface area (Å²) in [5, 5.41) is 0. The van der Waals surface area contributed by atoms with Crippen LogP contribution in [0.1, 0.15) is 6.42 Å². The van der Waals surface area contributed by atoms with Crippen LogP contribution in [0, 0.1) is 3.57 Å². The summed E-state index contributed by atoms with van der Waals surface area (Å²) in [6.07, 6.45) is 0.339. The largest absolute Gasteiger partial charge is 0.425 e. The Hall–Kier alpha value is -0.660. The van der Waals surface area contributed by atoms with E-state index in [9.17, 15) is 4.79 Å². The van der Waals surface area contributed by atoms with Gasteiger partial charge in [0.25, 0.3) is 0 Å². The predicted molar refractivity (Wildman–Crippen MR) is 66.5 cm³/mol. The molecule has 0 atom stereocenters. The molecular weight excluding hydrogens is 307 g/mol. The van der Waals surface area contributed by atoms with Crippen LogP contribution in [0.4, 0.5) is 0 Å². The molecule has 4 nitrogen and oxygen atoms in total. The van der Waals surface area contributed by atoms with Crippen molar-refractivity contribution >= 4 is 28.6 Å². The smallest absolute Gasteiger partial charge is 0.312 e. The first-order valence-corrected chi connectivity index (χ1v) is 5.66. The molecule has 5 heteroatoms. The molecule has 0 spiro atoms. The molecule has 15 heavy (non-hydrogen) atoms. The molecular formula is C10H13IN2O2. The molecule has 0 aliphatic rings. The summed E-state index contributed by atoms with van der Waals surface area (Å²) in [7, 11) is 1.76. The summed E-state index contributed by atoms with van der Waals surface area (Å²) in [6.45, 7) is 0.554. The molecule has 0 saturated heterocycles. The number of carbonyl (C=O) groups is 1. The number of halogens is 1. The van der Waals surface area contributed by atoms with E-state index in [1.807, 2.05) is 18.2 Å². The average molecular weight is 320 g/mol. The van der Waals surface area contributed by atoms with Gasteiger partial charge in [-0.2, -0.15) is 0 Å². The van der Waals surface area contributed by atoms with E-state index in [0.717, 1.165) is 3.57 Å². The third-order valence-corrected chi connectivity index (χ3v) is 2.58. The highest BCUT2D eigenvalue weighted by Gasteiger charge is 2.06. The van der Waals surface area contributed by atoms with Crippen LogP contribution < -0.4 is 15.6 Å². The van der Waals surface area contributed by atoms with Gasteiger partial charge in [0.1, 0.15) is 5.75 Å². The van der Waals surface area contributed by atoms with Crippen molar-refractivity contribution in [3.05, 3.63) is 27.8 Å². The van der Waals surface area contributed by atoms with Gasteiger partial charge in [-0.15, -0.1) is 0 Å². The van der Waals surface area contributed by atoms with Gasteiger partial charge in [0.05, 0.1) is 9.99 Å². The van der Waals surface area contributed by atoms with Crippen LogP contribution in [-0.2, 0) is 4.79 Å². The minimum absolute atomic E-state index is 0.234. The van der Waals surface area contributed by atoms with E-state index in [1.54, 1.807) is 13.1 Å². The second-order valence-corrected chi connectivity index (χ2v) is 3.99. The van der Waals surface area contributed by atoms with Crippen LogP contribution in [0.5, 0.6) is 5.75 Å². The number of rotatable bonds is 5. The summed E-state index contributed by atoms with van der Waals surface area (Å²) < 4.78 is 6.11. The van der Waals surface area contributed by atoms with E-state index in [2.05, 4.69) is 33.4 Å². The maximum Gasteiger partial charge on any atom is 0.312 e. The summed E-state index contributed by atoms with van der Waals surface area (Å²) >= 11 is 2.13. The molecule has 0 fully saturated rings. The van der Waals surface area contributed by atoms with Crippen LogP contribution in [0.2, 0.25) is 0 Å². The van der Waals surface area contributed by atoms with Gasteiger partial charge in [-0.3, -0.25) is 15.6 Å². The van der Waals surface area contributed by atoms with Gasteiger partial charge in [0.15, 0.2) is 0 Å². The molecule has 1 aromatic carbocycles. The minimum Gasteiger partial charge on any atom is -0.425 e. The number of hydrazine groups is 1. The molecule has 0 aliphatic carbocycles. The standard InChI is InChI=1S/C10H13IN2O2/c1-12-13-7-6-10(14)15-9-5-3-2-4-8(9)11/h2-5,12-13H,6-7H2,1H3. The number of hydrogen-bond donors (Lipinski definition) is 2. The fourth-order valence-corrected chi connectivity index (χ4v) is 1.49. The summed E-state index contributed by atoms with van der Waals surface area (Å²) in [5.41, 5.74) is 5.57. The Morgan fingerprint density at radius 3 is 2.87 bits per heavy atom. The second kappa shape index (κ2) is 6.76. The highest BCUT2D eigenvalue weighted by molar-refractivity contribution is 14.1. The highest BCUT2D eigenvalue weighted by Crippen LogP contribution is 2.19. The lowest BCUT2D eigenvalue weighted by atomic mass is 10.3. The first-order valence-electron chi connectivity index (χ1n) is 4.59. The van der Waals surface area contributed by atoms with Crippen LogP contribution in [-0.4, -0.2) is 19.6 Å². The van der Waals surface area contributed by atoms with E-state index in [0.29, 0.717) is 18.7 Å². The Balaban J connectivity index is 2.41. The van der Waals surface area contributed by atoms with Gasteiger partial charge in [-0.25, -0.2) is 0 Å². The van der Waals surface area contributed by atoms with Crippen LogP contribution in [0.3, 0.4) is 0 Å². The van der Waals surface area contributed by atoms with Gasteiger partial charge >= 0.3 is 5.97 Å². The Kier molecular flexibility index (Phi) is 5.59. The topological polar surface area (TPSA) is 50.4 Å². The van der Waals surface area contributed by atoms with Crippen molar-refractivity contribution in [2.75, 3.05) is 13.6 Å². The molecule has 1 aromatic rings. The van der Waals surface area contributed by atoms with E-state index < -0.39 is 0 Å². The fraction of sp³-hybridized carbons (Fsp3) is 0.300. The van der Waals surface area contributed by atoms with Crippen LogP contribution in [0.25, 0.3) is 0 Å². The van der Waals surface area contributed by atoms with Gasteiger partial charge in [-0.1, -0.05) is 12.1 Å². The average Bonchev–Trinajstić information content (AvgIpc) is 2.22. The number of benzene rings is 1. The van der Waals surface area contributed by atoms with Crippen molar-refractivity contribution in [3.63, 3.8) is 0 Å². The Bertz CT molecular complexity index is 331. The lowest BCUT2D eigenvalue weighted by Crippen LogP contribution is -2.30. The lowest BCUT2D eigenvalue weighted by molar-refractivity contribution is -0.134. The summed E-state index contributed by atoms with van der Waals surface area (Å²) in [4.78, 5) is 11.3. The Labute approximate surface area is 102 Å². The van der Waals surface area contributed by atoms with Crippen molar-refractivity contribution in [1.29, 1.82) is 0 Å². The number of esters is 1. The van der Waals surface area contributed by atoms with Crippen molar-refractivity contribution in [1.82, 2.24) is 10.9 Å². The lowest BCUT2D eigenvalue weighted by Gasteiger charge is -2.06. The first kappa shape index (κ1) is 12.4. The third-order valence-electron chi connectivity index (χ3n) is 1.69. The van der Waals surface area contributed by atoms with Crippen molar-refractivity contribution in [2.45, 2.75) is 6.42 Å². The molecule has 0 amide bonds. The minimum atomic E-state index is -0.234. The van der Waals surface area contributed by atoms with E-state index in [-0.39, 0.29) is 5.97 Å². The monoisotopic (exact) mass is 320 g/mol. The molecule has 82 valence electrons. The molecule has 0 saturated carbocycles. The molecule has 0 aromatic heterocycles. The predicted octanol–water partition coefficient (Wildman–Crippen LogP) is 1.31. The zero-order valence-electron chi connectivity index (χ0n) is 8.42. The molecule has 0 aliphatic heterocycles. The summed E-state index contributed by atoms with van der Waals surface area (Å²) in [6, 6.07) is 7.43. The van der Waals surface area contributed by atoms with Crippen LogP contribution in [0.15, 0.2) is 24.3 Å². The fourth-order valence-electron chi connectivity index (χ4n) is 0.991. The summed E-state index contributed by atoms with van der Waals surface area (Å²) in [5.74, 6) is 0.384. The Morgan fingerprint density at radius 1 is 1.47 bits per heavy atom. The number of hydrogen-bond acceptors (Lipinski definition) is 4. The normalized spacial score (nSPS) is 10.0. The van der Waals surface area contributed by atoms with Crippen LogP contribution >= 0.6 is 22.6 Å².